The standard InChI is InChI=1S/C17H16N2OS/c1-10-4-3-5-14(11(10)2)19-17(20)16-9-12-8-13(18)6-7-15(12)21-16/h3-9H,18H2,1-2H3,(H,19,20). The molecule has 3 nitrogen and oxygen atoms in total. The summed E-state index contributed by atoms with van der Waals surface area (Å²) in [6, 6.07) is 13.5. The lowest BCUT2D eigenvalue weighted by atomic mass is 10.1. The van der Waals surface area contributed by atoms with Crippen molar-refractivity contribution in [3.8, 4) is 0 Å². The number of carbonyl (C=O) groups is 1. The van der Waals surface area contributed by atoms with E-state index in [1.54, 1.807) is 0 Å². The van der Waals surface area contributed by atoms with Crippen molar-refractivity contribution in [3.05, 3.63) is 58.5 Å². The second-order valence-corrected chi connectivity index (χ2v) is 6.19. The van der Waals surface area contributed by atoms with E-state index in [1.807, 2.05) is 56.3 Å². The molecule has 1 heterocycles. The Hall–Kier alpha value is -2.33. The molecule has 21 heavy (non-hydrogen) atoms. The molecule has 0 saturated carbocycles. The smallest absolute Gasteiger partial charge is 0.265 e. The first-order valence-electron chi connectivity index (χ1n) is 6.71. The number of carbonyl (C=O) groups excluding carboxylic acids is 1. The third-order valence-corrected chi connectivity index (χ3v) is 4.73. The predicted molar refractivity (Wildman–Crippen MR) is 90.1 cm³/mol. The van der Waals surface area contributed by atoms with Crippen LogP contribution in [0.3, 0.4) is 0 Å². The maximum Gasteiger partial charge on any atom is 0.265 e. The van der Waals surface area contributed by atoms with E-state index >= 15 is 0 Å². The van der Waals surface area contributed by atoms with Gasteiger partial charge >= 0.3 is 0 Å². The maximum absolute atomic E-state index is 12.4. The van der Waals surface area contributed by atoms with Gasteiger partial charge in [0, 0.05) is 16.1 Å². The molecular weight excluding hydrogens is 280 g/mol. The van der Waals surface area contributed by atoms with E-state index in [-0.39, 0.29) is 5.91 Å². The predicted octanol–water partition coefficient (Wildman–Crippen LogP) is 4.35. The zero-order chi connectivity index (χ0) is 15.0. The molecule has 106 valence electrons. The summed E-state index contributed by atoms with van der Waals surface area (Å²) in [4.78, 5) is 13.1. The summed E-state index contributed by atoms with van der Waals surface area (Å²) in [5.74, 6) is -0.0801. The molecule has 3 aromatic rings. The Morgan fingerprint density at radius 3 is 2.76 bits per heavy atom. The summed E-state index contributed by atoms with van der Waals surface area (Å²) in [6.45, 7) is 4.05. The summed E-state index contributed by atoms with van der Waals surface area (Å²) >= 11 is 1.48. The van der Waals surface area contributed by atoms with E-state index in [0.29, 0.717) is 10.6 Å². The van der Waals surface area contributed by atoms with Gasteiger partial charge in [-0.1, -0.05) is 12.1 Å². The first kappa shape index (κ1) is 13.6. The fourth-order valence-corrected chi connectivity index (χ4v) is 3.18. The van der Waals surface area contributed by atoms with E-state index in [4.69, 9.17) is 5.73 Å². The summed E-state index contributed by atoms with van der Waals surface area (Å²) in [5, 5.41) is 3.99. The van der Waals surface area contributed by atoms with Gasteiger partial charge in [-0.3, -0.25) is 4.79 Å². The van der Waals surface area contributed by atoms with Gasteiger partial charge in [-0.05, 0) is 60.7 Å². The molecule has 0 spiro atoms. The number of nitrogens with two attached hydrogens (primary N) is 1. The number of benzene rings is 2. The molecule has 1 aromatic heterocycles. The summed E-state index contributed by atoms with van der Waals surface area (Å²) in [7, 11) is 0. The van der Waals surface area contributed by atoms with Crippen LogP contribution in [-0.2, 0) is 0 Å². The number of aryl methyl sites for hydroxylation is 1. The van der Waals surface area contributed by atoms with Gasteiger partial charge in [0.25, 0.3) is 5.91 Å². The highest BCUT2D eigenvalue weighted by molar-refractivity contribution is 7.20. The molecule has 3 N–H and O–H groups in total. The van der Waals surface area contributed by atoms with Crippen molar-refractivity contribution in [1.82, 2.24) is 0 Å². The van der Waals surface area contributed by atoms with Gasteiger partial charge in [0.15, 0.2) is 0 Å². The molecule has 1 amide bonds. The molecule has 3 rings (SSSR count). The minimum absolute atomic E-state index is 0.0801. The Labute approximate surface area is 127 Å². The van der Waals surface area contributed by atoms with Crippen molar-refractivity contribution in [2.24, 2.45) is 0 Å². The Morgan fingerprint density at radius 1 is 1.14 bits per heavy atom. The third-order valence-electron chi connectivity index (χ3n) is 3.62. The van der Waals surface area contributed by atoms with E-state index in [0.717, 1.165) is 26.9 Å². The fraction of sp³-hybridized carbons (Fsp3) is 0.118. The van der Waals surface area contributed by atoms with Crippen LogP contribution < -0.4 is 11.1 Å². The van der Waals surface area contributed by atoms with Gasteiger partial charge in [-0.2, -0.15) is 0 Å². The van der Waals surface area contributed by atoms with Crippen LogP contribution in [0.15, 0.2) is 42.5 Å². The van der Waals surface area contributed by atoms with Crippen LogP contribution >= 0.6 is 11.3 Å². The van der Waals surface area contributed by atoms with Crippen LogP contribution in [0.4, 0.5) is 11.4 Å². The molecule has 0 radical (unpaired) electrons. The lowest BCUT2D eigenvalue weighted by Crippen LogP contribution is -2.11. The number of rotatable bonds is 2. The summed E-state index contributed by atoms with van der Waals surface area (Å²) < 4.78 is 1.07. The molecule has 4 heteroatoms. The van der Waals surface area contributed by atoms with Gasteiger partial charge < -0.3 is 11.1 Å². The number of hydrogen-bond acceptors (Lipinski definition) is 3. The number of nitrogens with one attached hydrogen (secondary N) is 1. The highest BCUT2D eigenvalue weighted by atomic mass is 32.1. The van der Waals surface area contributed by atoms with E-state index < -0.39 is 0 Å². The molecule has 0 saturated heterocycles. The highest BCUT2D eigenvalue weighted by Crippen LogP contribution is 2.28. The summed E-state index contributed by atoms with van der Waals surface area (Å²) in [6.07, 6.45) is 0. The SMILES string of the molecule is Cc1cccc(NC(=O)c2cc3cc(N)ccc3s2)c1C. The van der Waals surface area contributed by atoms with Crippen molar-refractivity contribution in [2.45, 2.75) is 13.8 Å². The molecule has 0 bridgehead atoms. The van der Waals surface area contributed by atoms with Crippen LogP contribution in [0.2, 0.25) is 0 Å². The van der Waals surface area contributed by atoms with Crippen LogP contribution in [0.25, 0.3) is 10.1 Å². The minimum Gasteiger partial charge on any atom is -0.399 e. The Kier molecular flexibility index (Phi) is 3.39. The van der Waals surface area contributed by atoms with Crippen molar-refractivity contribution >= 4 is 38.7 Å². The van der Waals surface area contributed by atoms with Crippen LogP contribution in [0, 0.1) is 13.8 Å². The highest BCUT2D eigenvalue weighted by Gasteiger charge is 2.12. The summed E-state index contributed by atoms with van der Waals surface area (Å²) in [5.41, 5.74) is 9.60. The van der Waals surface area contributed by atoms with Crippen molar-refractivity contribution in [3.63, 3.8) is 0 Å². The Bertz CT molecular complexity index is 836. The monoisotopic (exact) mass is 296 g/mol. The third kappa shape index (κ3) is 2.62. The fourth-order valence-electron chi connectivity index (χ4n) is 2.24. The average molecular weight is 296 g/mol. The van der Waals surface area contributed by atoms with E-state index in [9.17, 15) is 4.79 Å². The van der Waals surface area contributed by atoms with E-state index in [1.165, 1.54) is 11.3 Å². The molecule has 2 aromatic carbocycles. The molecule has 0 unspecified atom stereocenters. The molecular formula is C17H16N2OS. The molecule has 0 fully saturated rings. The normalized spacial score (nSPS) is 10.8. The number of amides is 1. The van der Waals surface area contributed by atoms with Gasteiger partial charge in [0.05, 0.1) is 4.88 Å². The average Bonchev–Trinajstić information content (AvgIpc) is 2.87. The van der Waals surface area contributed by atoms with Gasteiger partial charge in [-0.25, -0.2) is 0 Å². The first-order chi connectivity index (χ1) is 10.0. The second kappa shape index (κ2) is 5.22. The quantitative estimate of drug-likeness (QED) is 0.691. The Balaban J connectivity index is 1.91. The maximum atomic E-state index is 12.4. The minimum atomic E-state index is -0.0801. The lowest BCUT2D eigenvalue weighted by Gasteiger charge is -2.09. The first-order valence-corrected chi connectivity index (χ1v) is 7.53. The van der Waals surface area contributed by atoms with Crippen LogP contribution in [0.1, 0.15) is 20.8 Å². The van der Waals surface area contributed by atoms with Crippen molar-refractivity contribution in [1.29, 1.82) is 0 Å². The zero-order valence-corrected chi connectivity index (χ0v) is 12.8. The molecule has 0 atom stereocenters. The molecule has 0 aliphatic heterocycles. The number of thiophene rings is 1. The number of anilines is 2. The number of fused-ring (bicyclic) bond motifs is 1. The van der Waals surface area contributed by atoms with Gasteiger partial charge in [-0.15, -0.1) is 11.3 Å². The largest absolute Gasteiger partial charge is 0.399 e. The van der Waals surface area contributed by atoms with Crippen molar-refractivity contribution in [2.75, 3.05) is 11.1 Å². The molecule has 0 aliphatic carbocycles. The van der Waals surface area contributed by atoms with Gasteiger partial charge in [0.1, 0.15) is 0 Å². The number of nitrogen functional groups attached to an aromatic ring is 1. The second-order valence-electron chi connectivity index (χ2n) is 5.11. The van der Waals surface area contributed by atoms with Gasteiger partial charge in [0.2, 0.25) is 0 Å². The van der Waals surface area contributed by atoms with E-state index in [2.05, 4.69) is 5.32 Å². The Morgan fingerprint density at radius 2 is 1.95 bits per heavy atom. The van der Waals surface area contributed by atoms with Crippen LogP contribution in [0.5, 0.6) is 0 Å². The topological polar surface area (TPSA) is 55.1 Å². The molecule has 0 aliphatic rings. The number of hydrogen-bond donors (Lipinski definition) is 2. The lowest BCUT2D eigenvalue weighted by molar-refractivity contribution is 0.103. The van der Waals surface area contributed by atoms with Crippen molar-refractivity contribution < 1.29 is 4.79 Å². The van der Waals surface area contributed by atoms with Crippen LogP contribution in [-0.4, -0.2) is 5.91 Å². The zero-order valence-electron chi connectivity index (χ0n) is 11.9.